The number of aromatic nitrogens is 6. The van der Waals surface area contributed by atoms with Crippen LogP contribution in [0.25, 0.3) is 100 Å². The fourth-order valence-electron chi connectivity index (χ4n) is 8.11. The van der Waals surface area contributed by atoms with E-state index in [0.717, 1.165) is 89.4 Å². The summed E-state index contributed by atoms with van der Waals surface area (Å²) in [6.45, 7) is 0. The molecule has 0 bridgehead atoms. The summed E-state index contributed by atoms with van der Waals surface area (Å²) >= 11 is 0. The highest BCUT2D eigenvalue weighted by Crippen LogP contribution is 2.39. The lowest BCUT2D eigenvalue weighted by atomic mass is 10.0. The zero-order valence-corrected chi connectivity index (χ0v) is 30.2. The first-order chi connectivity index (χ1) is 27.8. The molecule has 0 fully saturated rings. The minimum absolute atomic E-state index is 0.803. The molecule has 6 heterocycles. The van der Waals surface area contributed by atoms with Crippen LogP contribution in [0, 0.1) is 0 Å². The highest BCUT2D eigenvalue weighted by Gasteiger charge is 2.17. The Labute approximate surface area is 322 Å². The lowest BCUT2D eigenvalue weighted by Gasteiger charge is -2.13. The van der Waals surface area contributed by atoms with Gasteiger partial charge in [-0.25, -0.2) is 4.98 Å². The van der Waals surface area contributed by atoms with Crippen LogP contribution in [-0.4, -0.2) is 29.1 Å². The van der Waals surface area contributed by atoms with Gasteiger partial charge in [0.2, 0.25) is 0 Å². The maximum atomic E-state index is 5.00. The zero-order chi connectivity index (χ0) is 37.0. The number of rotatable bonds is 6. The lowest BCUT2D eigenvalue weighted by molar-refractivity contribution is 1.17. The van der Waals surface area contributed by atoms with E-state index in [0.29, 0.717) is 0 Å². The van der Waals surface area contributed by atoms with Gasteiger partial charge in [0.15, 0.2) is 0 Å². The van der Waals surface area contributed by atoms with E-state index < -0.39 is 0 Å². The van der Waals surface area contributed by atoms with Crippen molar-refractivity contribution in [3.05, 3.63) is 195 Å². The van der Waals surface area contributed by atoms with Gasteiger partial charge < -0.3 is 9.13 Å². The van der Waals surface area contributed by atoms with E-state index in [2.05, 4.69) is 153 Å². The molecule has 6 aromatic heterocycles. The van der Waals surface area contributed by atoms with Gasteiger partial charge in [-0.05, 0) is 125 Å². The quantitative estimate of drug-likeness (QED) is 0.172. The van der Waals surface area contributed by atoms with Crippen LogP contribution >= 0.6 is 0 Å². The van der Waals surface area contributed by atoms with Crippen LogP contribution in [0.1, 0.15) is 0 Å². The maximum Gasteiger partial charge on any atom is 0.0963 e. The van der Waals surface area contributed by atoms with Gasteiger partial charge in [-0.1, -0.05) is 72.8 Å². The third-order valence-corrected chi connectivity index (χ3v) is 10.7. The summed E-state index contributed by atoms with van der Waals surface area (Å²) in [5.41, 5.74) is 15.4. The summed E-state index contributed by atoms with van der Waals surface area (Å²) in [6.07, 6.45) is 5.49. The highest BCUT2D eigenvalue weighted by molar-refractivity contribution is 6.12. The molecule has 0 N–H and O–H groups in total. The molecule has 0 aliphatic carbocycles. The van der Waals surface area contributed by atoms with Crippen molar-refractivity contribution in [2.45, 2.75) is 0 Å². The molecule has 0 radical (unpaired) electrons. The van der Waals surface area contributed by atoms with Crippen LogP contribution in [-0.2, 0) is 0 Å². The molecule has 0 unspecified atom stereocenters. The predicted octanol–water partition coefficient (Wildman–Crippen LogP) is 12.1. The molecule has 0 aliphatic rings. The average Bonchev–Trinajstić information content (AvgIpc) is 3.79. The van der Waals surface area contributed by atoms with Crippen molar-refractivity contribution in [2.24, 2.45) is 0 Å². The van der Waals surface area contributed by atoms with Crippen molar-refractivity contribution in [3.8, 4) is 56.4 Å². The second-order valence-electron chi connectivity index (χ2n) is 14.0. The van der Waals surface area contributed by atoms with Crippen molar-refractivity contribution in [3.63, 3.8) is 0 Å². The lowest BCUT2D eigenvalue weighted by Crippen LogP contribution is -1.96. The Hall–Kier alpha value is -7.70. The topological polar surface area (TPSA) is 61.4 Å². The summed E-state index contributed by atoms with van der Waals surface area (Å²) in [5.74, 6) is 0. The fourth-order valence-corrected chi connectivity index (χ4v) is 8.11. The number of fused-ring (bicyclic) bond motifs is 6. The molecule has 0 atom stereocenters. The molecule has 0 amide bonds. The molecule has 5 aromatic carbocycles. The van der Waals surface area contributed by atoms with Gasteiger partial charge >= 0.3 is 0 Å². The number of hydrogen-bond acceptors (Lipinski definition) is 4. The molecule has 11 aromatic rings. The van der Waals surface area contributed by atoms with Gasteiger partial charge in [0, 0.05) is 46.1 Å². The van der Waals surface area contributed by atoms with Gasteiger partial charge in [0.25, 0.3) is 0 Å². The van der Waals surface area contributed by atoms with E-state index in [4.69, 9.17) is 9.97 Å². The molecular formula is C50H32N6. The van der Waals surface area contributed by atoms with E-state index in [1.807, 2.05) is 48.7 Å². The van der Waals surface area contributed by atoms with Gasteiger partial charge in [0.1, 0.15) is 0 Å². The normalized spacial score (nSPS) is 11.6. The molecule has 6 heteroatoms. The van der Waals surface area contributed by atoms with Gasteiger partial charge in [-0.15, -0.1) is 0 Å². The Morgan fingerprint density at radius 3 is 1.61 bits per heavy atom. The number of benzene rings is 5. The van der Waals surface area contributed by atoms with Gasteiger partial charge in [0.05, 0.1) is 50.4 Å². The van der Waals surface area contributed by atoms with Crippen LogP contribution in [0.2, 0.25) is 0 Å². The molecule has 56 heavy (non-hydrogen) atoms. The van der Waals surface area contributed by atoms with Crippen LogP contribution in [0.3, 0.4) is 0 Å². The summed E-state index contributed by atoms with van der Waals surface area (Å²) in [7, 11) is 0. The third-order valence-electron chi connectivity index (χ3n) is 10.7. The predicted molar refractivity (Wildman–Crippen MR) is 228 cm³/mol. The fraction of sp³-hybridized carbons (Fsp3) is 0. The number of para-hydroxylation sites is 2. The first-order valence-electron chi connectivity index (χ1n) is 18.7. The summed E-state index contributed by atoms with van der Waals surface area (Å²) < 4.78 is 4.68. The zero-order valence-electron chi connectivity index (χ0n) is 30.2. The van der Waals surface area contributed by atoms with Crippen molar-refractivity contribution in [1.82, 2.24) is 29.1 Å². The maximum absolute atomic E-state index is 5.00. The van der Waals surface area contributed by atoms with Crippen LogP contribution in [0.15, 0.2) is 195 Å². The Kier molecular flexibility index (Phi) is 7.38. The van der Waals surface area contributed by atoms with Crippen LogP contribution in [0.5, 0.6) is 0 Å². The molecule has 0 aliphatic heterocycles. The SMILES string of the molecule is c1ccc(-n2c3ccc(-c4ccc5c(c4)c4ccccc4n5-c4cccc(-c5cc(-c6ccccn6)nc(-c6ccccn6)c5)c4)cc3c3ncccc32)cc1. The Bertz CT molecular complexity index is 3180. The van der Waals surface area contributed by atoms with Crippen LogP contribution < -0.4 is 0 Å². The summed E-state index contributed by atoms with van der Waals surface area (Å²) in [4.78, 5) is 19.1. The largest absolute Gasteiger partial charge is 0.309 e. The average molecular weight is 717 g/mol. The summed E-state index contributed by atoms with van der Waals surface area (Å²) in [6, 6.07) is 61.8. The van der Waals surface area contributed by atoms with Crippen molar-refractivity contribution in [2.75, 3.05) is 0 Å². The van der Waals surface area contributed by atoms with E-state index in [1.165, 1.54) is 10.8 Å². The van der Waals surface area contributed by atoms with Gasteiger partial charge in [-0.2, -0.15) is 0 Å². The third kappa shape index (κ3) is 5.27. The number of nitrogens with zero attached hydrogens (tertiary/aromatic N) is 6. The second-order valence-corrected chi connectivity index (χ2v) is 14.0. The molecular weight excluding hydrogens is 685 g/mol. The molecule has 262 valence electrons. The van der Waals surface area contributed by atoms with Crippen molar-refractivity contribution >= 4 is 43.7 Å². The Balaban J connectivity index is 1.05. The minimum atomic E-state index is 0.803. The molecule has 0 saturated heterocycles. The second kappa shape index (κ2) is 13.0. The van der Waals surface area contributed by atoms with Crippen molar-refractivity contribution in [1.29, 1.82) is 0 Å². The van der Waals surface area contributed by atoms with Crippen LogP contribution in [0.4, 0.5) is 0 Å². The summed E-state index contributed by atoms with van der Waals surface area (Å²) in [5, 5.41) is 3.54. The Morgan fingerprint density at radius 1 is 0.304 bits per heavy atom. The highest BCUT2D eigenvalue weighted by atomic mass is 15.0. The first-order valence-corrected chi connectivity index (χ1v) is 18.7. The van der Waals surface area contributed by atoms with E-state index in [-0.39, 0.29) is 0 Å². The molecule has 0 spiro atoms. The monoisotopic (exact) mass is 716 g/mol. The van der Waals surface area contributed by atoms with E-state index in [1.54, 1.807) is 12.4 Å². The standard InChI is InChI=1S/C50H32N6/c1-2-13-37(14-3-1)55-48-24-22-35(30-41(48)50-49(55)20-11-27-53-50)34-21-23-47-40(29-34)39-16-4-5-19-46(39)56(47)38-15-10-12-33(28-38)36-31-44(42-17-6-8-25-51-42)54-45(32-36)43-18-7-9-26-52-43/h1-32H. The van der Waals surface area contributed by atoms with E-state index in [9.17, 15) is 0 Å². The molecule has 6 nitrogen and oxygen atoms in total. The molecule has 0 saturated carbocycles. The first kappa shape index (κ1) is 31.8. The van der Waals surface area contributed by atoms with Crippen molar-refractivity contribution < 1.29 is 0 Å². The Morgan fingerprint density at radius 2 is 0.875 bits per heavy atom. The minimum Gasteiger partial charge on any atom is -0.309 e. The molecule has 11 rings (SSSR count). The smallest absolute Gasteiger partial charge is 0.0963 e. The van der Waals surface area contributed by atoms with Gasteiger partial charge in [-0.3, -0.25) is 15.0 Å². The number of pyridine rings is 4. The van der Waals surface area contributed by atoms with E-state index >= 15 is 0 Å². The number of hydrogen-bond donors (Lipinski definition) is 0.